The van der Waals surface area contributed by atoms with Crippen molar-refractivity contribution in [1.82, 2.24) is 9.78 Å². The smallest absolute Gasteiger partial charge is 0.308 e. The largest absolute Gasteiger partial charge is 0.469 e. The molecule has 0 radical (unpaired) electrons. The summed E-state index contributed by atoms with van der Waals surface area (Å²) >= 11 is 0. The lowest BCUT2D eigenvalue weighted by Gasteiger charge is -2.15. The molecule has 0 saturated carbocycles. The first-order valence-corrected chi connectivity index (χ1v) is 4.67. The standard InChI is InChI=1S/C9H15N3O4/c1-12-4-5(9(10)11-12)8(15)6(13)3-7(14)16-2/h4,6,8,13,15H,3H2,1-2H3,(H2,10,11). The van der Waals surface area contributed by atoms with Gasteiger partial charge in [-0.1, -0.05) is 0 Å². The minimum absolute atomic E-state index is 0.124. The van der Waals surface area contributed by atoms with Gasteiger partial charge in [-0.3, -0.25) is 9.48 Å². The van der Waals surface area contributed by atoms with Gasteiger partial charge in [-0.05, 0) is 0 Å². The predicted molar refractivity (Wildman–Crippen MR) is 55.2 cm³/mol. The van der Waals surface area contributed by atoms with Crippen LogP contribution in [-0.4, -0.2) is 39.2 Å². The lowest BCUT2D eigenvalue weighted by Crippen LogP contribution is -2.23. The van der Waals surface area contributed by atoms with Crippen LogP contribution >= 0.6 is 0 Å². The first kappa shape index (κ1) is 12.5. The number of aliphatic hydroxyl groups excluding tert-OH is 2. The molecule has 4 N–H and O–H groups in total. The molecule has 0 spiro atoms. The number of nitrogens with two attached hydrogens (primary N) is 1. The Morgan fingerprint density at radius 2 is 2.31 bits per heavy atom. The number of carbonyl (C=O) groups is 1. The summed E-state index contributed by atoms with van der Waals surface area (Å²) in [5.74, 6) is -0.479. The number of esters is 1. The Kier molecular flexibility index (Phi) is 3.86. The third-order valence-electron chi connectivity index (χ3n) is 2.17. The summed E-state index contributed by atoms with van der Waals surface area (Å²) in [6.07, 6.45) is -1.33. The lowest BCUT2D eigenvalue weighted by atomic mass is 10.0. The van der Waals surface area contributed by atoms with Crippen LogP contribution in [0.25, 0.3) is 0 Å². The van der Waals surface area contributed by atoms with Gasteiger partial charge in [-0.2, -0.15) is 5.10 Å². The summed E-state index contributed by atoms with van der Waals surface area (Å²) in [4.78, 5) is 10.9. The van der Waals surface area contributed by atoms with Gasteiger partial charge in [0.2, 0.25) is 0 Å². The zero-order valence-corrected chi connectivity index (χ0v) is 9.12. The number of carbonyl (C=O) groups excluding carboxylic acids is 1. The van der Waals surface area contributed by atoms with E-state index < -0.39 is 18.2 Å². The zero-order chi connectivity index (χ0) is 12.3. The molecule has 1 aromatic rings. The van der Waals surface area contributed by atoms with E-state index in [4.69, 9.17) is 5.73 Å². The number of aliphatic hydroxyl groups is 2. The van der Waals surface area contributed by atoms with Crippen molar-refractivity contribution in [2.75, 3.05) is 12.8 Å². The third-order valence-corrected chi connectivity index (χ3v) is 2.17. The average molecular weight is 229 g/mol. The molecule has 0 aromatic carbocycles. The van der Waals surface area contributed by atoms with E-state index in [0.717, 1.165) is 0 Å². The van der Waals surface area contributed by atoms with Gasteiger partial charge in [0.25, 0.3) is 0 Å². The summed E-state index contributed by atoms with van der Waals surface area (Å²) in [6.45, 7) is 0. The van der Waals surface area contributed by atoms with Crippen LogP contribution in [0.3, 0.4) is 0 Å². The van der Waals surface area contributed by atoms with Gasteiger partial charge in [-0.15, -0.1) is 0 Å². The van der Waals surface area contributed by atoms with Crippen LogP contribution in [0.5, 0.6) is 0 Å². The number of hydrogen-bond donors (Lipinski definition) is 3. The second-order valence-corrected chi connectivity index (χ2v) is 3.44. The maximum atomic E-state index is 10.9. The van der Waals surface area contributed by atoms with Crippen molar-refractivity contribution in [3.05, 3.63) is 11.8 Å². The molecule has 16 heavy (non-hydrogen) atoms. The Morgan fingerprint density at radius 1 is 1.69 bits per heavy atom. The van der Waals surface area contributed by atoms with Crippen LogP contribution in [0.1, 0.15) is 18.1 Å². The van der Waals surface area contributed by atoms with Crippen LogP contribution in [-0.2, 0) is 16.6 Å². The van der Waals surface area contributed by atoms with Gasteiger partial charge >= 0.3 is 5.97 Å². The van der Waals surface area contributed by atoms with E-state index in [1.54, 1.807) is 7.05 Å². The van der Waals surface area contributed by atoms with Crippen molar-refractivity contribution < 1.29 is 19.7 Å². The quantitative estimate of drug-likeness (QED) is 0.569. The summed E-state index contributed by atoms with van der Waals surface area (Å²) in [7, 11) is 2.85. The zero-order valence-electron chi connectivity index (χ0n) is 9.12. The fraction of sp³-hybridized carbons (Fsp3) is 0.556. The molecular formula is C9H15N3O4. The normalized spacial score (nSPS) is 14.5. The SMILES string of the molecule is COC(=O)CC(O)C(O)c1cn(C)nc1N. The monoisotopic (exact) mass is 229 g/mol. The van der Waals surface area contributed by atoms with E-state index in [9.17, 15) is 15.0 Å². The molecule has 0 aliphatic carbocycles. The van der Waals surface area contributed by atoms with Gasteiger partial charge in [0.05, 0.1) is 19.6 Å². The first-order chi connectivity index (χ1) is 7.45. The molecule has 7 heteroatoms. The number of nitrogen functional groups attached to an aromatic ring is 1. The van der Waals surface area contributed by atoms with Crippen molar-refractivity contribution >= 4 is 11.8 Å². The molecule has 0 aliphatic rings. The molecule has 0 bridgehead atoms. The molecule has 0 aliphatic heterocycles. The molecule has 0 saturated heterocycles. The van der Waals surface area contributed by atoms with Crippen molar-refractivity contribution in [2.45, 2.75) is 18.6 Å². The number of nitrogens with zero attached hydrogens (tertiary/aromatic N) is 2. The molecule has 2 unspecified atom stereocenters. The van der Waals surface area contributed by atoms with Gasteiger partial charge in [0.15, 0.2) is 5.82 Å². The first-order valence-electron chi connectivity index (χ1n) is 4.67. The Hall–Kier alpha value is -1.60. The summed E-state index contributed by atoms with van der Waals surface area (Å²) < 4.78 is 5.80. The Balaban J connectivity index is 2.73. The van der Waals surface area contributed by atoms with E-state index >= 15 is 0 Å². The minimum Gasteiger partial charge on any atom is -0.469 e. The van der Waals surface area contributed by atoms with Gasteiger partial charge in [0.1, 0.15) is 6.10 Å². The lowest BCUT2D eigenvalue weighted by molar-refractivity contribution is -0.144. The van der Waals surface area contributed by atoms with Crippen molar-refractivity contribution in [1.29, 1.82) is 0 Å². The number of ether oxygens (including phenoxy) is 1. The Morgan fingerprint density at radius 3 is 2.75 bits per heavy atom. The second kappa shape index (κ2) is 4.95. The van der Waals surface area contributed by atoms with E-state index in [1.165, 1.54) is 18.0 Å². The highest BCUT2D eigenvalue weighted by Crippen LogP contribution is 2.23. The molecule has 2 atom stereocenters. The molecule has 7 nitrogen and oxygen atoms in total. The van der Waals surface area contributed by atoms with Crippen LogP contribution in [0, 0.1) is 0 Å². The van der Waals surface area contributed by atoms with Crippen LogP contribution in [0.2, 0.25) is 0 Å². The Labute approximate surface area is 92.4 Å². The summed E-state index contributed by atoms with van der Waals surface area (Å²) in [5, 5.41) is 23.1. The van der Waals surface area contributed by atoms with E-state index in [0.29, 0.717) is 5.56 Å². The number of aromatic nitrogens is 2. The molecule has 0 amide bonds. The van der Waals surface area contributed by atoms with Crippen molar-refractivity contribution in [2.24, 2.45) is 7.05 Å². The molecule has 0 fully saturated rings. The van der Waals surface area contributed by atoms with Crippen LogP contribution in [0.15, 0.2) is 6.20 Å². The van der Waals surface area contributed by atoms with Crippen LogP contribution < -0.4 is 5.73 Å². The number of rotatable bonds is 4. The highest BCUT2D eigenvalue weighted by molar-refractivity contribution is 5.69. The van der Waals surface area contributed by atoms with Gasteiger partial charge < -0.3 is 20.7 Å². The highest BCUT2D eigenvalue weighted by atomic mass is 16.5. The van der Waals surface area contributed by atoms with Crippen molar-refractivity contribution in [3.63, 3.8) is 0 Å². The maximum Gasteiger partial charge on any atom is 0.308 e. The summed E-state index contributed by atoms with van der Waals surface area (Å²) in [6, 6.07) is 0. The number of hydrogen-bond acceptors (Lipinski definition) is 6. The number of anilines is 1. The summed E-state index contributed by atoms with van der Waals surface area (Å²) in [5.41, 5.74) is 5.81. The van der Waals surface area contributed by atoms with E-state index in [1.807, 2.05) is 0 Å². The average Bonchev–Trinajstić information content (AvgIpc) is 2.56. The second-order valence-electron chi connectivity index (χ2n) is 3.44. The topological polar surface area (TPSA) is 111 Å². The predicted octanol–water partition coefficient (Wildman–Crippen LogP) is -1.04. The fourth-order valence-electron chi connectivity index (χ4n) is 1.32. The molecule has 1 rings (SSSR count). The van der Waals surface area contributed by atoms with Crippen molar-refractivity contribution in [3.8, 4) is 0 Å². The minimum atomic E-state index is -1.26. The van der Waals surface area contributed by atoms with Gasteiger partial charge in [-0.25, -0.2) is 0 Å². The van der Waals surface area contributed by atoms with Crippen LogP contribution in [0.4, 0.5) is 5.82 Å². The molecule has 1 heterocycles. The molecule has 90 valence electrons. The molecule has 1 aromatic heterocycles. The highest BCUT2D eigenvalue weighted by Gasteiger charge is 2.25. The van der Waals surface area contributed by atoms with E-state index in [-0.39, 0.29) is 12.2 Å². The number of aryl methyl sites for hydroxylation is 1. The van der Waals surface area contributed by atoms with E-state index in [2.05, 4.69) is 9.84 Å². The maximum absolute atomic E-state index is 10.9. The van der Waals surface area contributed by atoms with Gasteiger partial charge in [0, 0.05) is 18.8 Å². The Bertz CT molecular complexity index is 377. The third kappa shape index (κ3) is 2.71. The molecular weight excluding hydrogens is 214 g/mol. The number of methoxy groups -OCH3 is 1. The fourth-order valence-corrected chi connectivity index (χ4v) is 1.32.